The van der Waals surface area contributed by atoms with Crippen molar-refractivity contribution in [2.75, 3.05) is 6.61 Å². The Morgan fingerprint density at radius 3 is 2.55 bits per heavy atom. The Bertz CT molecular complexity index is 960. The molecule has 2 aromatic carbocycles. The van der Waals surface area contributed by atoms with Crippen molar-refractivity contribution in [2.45, 2.75) is 58.2 Å². The maximum absolute atomic E-state index is 14.9. The number of alkyl halides is 3. The number of unbranched alkanes of at least 4 members (excludes halogenated alkanes) is 2. The summed E-state index contributed by atoms with van der Waals surface area (Å²) in [5, 5.41) is 0. The normalized spacial score (nSPS) is 12.1. The molecule has 2 rings (SSSR count). The van der Waals surface area contributed by atoms with E-state index in [-0.39, 0.29) is 30.1 Å². The minimum absolute atomic E-state index is 0. The van der Waals surface area contributed by atoms with E-state index in [0.717, 1.165) is 36.5 Å². The predicted molar refractivity (Wildman–Crippen MR) is 125 cm³/mol. The fourth-order valence-electron chi connectivity index (χ4n) is 3.73. The molecule has 0 aromatic heterocycles. The molecule has 0 aliphatic rings. The highest BCUT2D eigenvalue weighted by Crippen LogP contribution is 2.39. The summed E-state index contributed by atoms with van der Waals surface area (Å²) in [6.07, 6.45) is -0.256. The van der Waals surface area contributed by atoms with Crippen LogP contribution in [0.4, 0.5) is 17.6 Å². The summed E-state index contributed by atoms with van der Waals surface area (Å²) in [4.78, 5) is 11.8. The molecule has 0 spiro atoms. The summed E-state index contributed by atoms with van der Waals surface area (Å²) >= 11 is 0. The first-order valence-corrected chi connectivity index (χ1v) is 10.6. The SMILES string of the molecule is C=CCCCCc1cccc(C)c1-c1cc([C@@H](N)CC(=O)OCC)c(F)c(C(F)(F)F)c1.Cl. The second kappa shape index (κ2) is 12.8. The Hall–Kier alpha value is -2.38. The largest absolute Gasteiger partial charge is 0.466 e. The molecule has 8 heteroatoms. The zero-order valence-electron chi connectivity index (χ0n) is 18.8. The second-order valence-corrected chi connectivity index (χ2v) is 7.68. The monoisotopic (exact) mass is 487 g/mol. The van der Waals surface area contributed by atoms with Gasteiger partial charge in [-0.25, -0.2) is 4.39 Å². The number of benzene rings is 2. The summed E-state index contributed by atoms with van der Waals surface area (Å²) in [5.41, 5.74) is 6.70. The van der Waals surface area contributed by atoms with E-state index in [0.29, 0.717) is 12.0 Å². The lowest BCUT2D eigenvalue weighted by Crippen LogP contribution is -2.21. The zero-order valence-corrected chi connectivity index (χ0v) is 19.6. The maximum Gasteiger partial charge on any atom is 0.419 e. The van der Waals surface area contributed by atoms with E-state index in [1.807, 2.05) is 18.2 Å². The number of halogens is 5. The highest BCUT2D eigenvalue weighted by atomic mass is 35.5. The van der Waals surface area contributed by atoms with Crippen LogP contribution in [0.25, 0.3) is 11.1 Å². The van der Waals surface area contributed by atoms with Gasteiger partial charge in [0.05, 0.1) is 18.6 Å². The van der Waals surface area contributed by atoms with Gasteiger partial charge in [0.25, 0.3) is 0 Å². The van der Waals surface area contributed by atoms with Crippen LogP contribution < -0.4 is 5.73 Å². The standard InChI is InChI=1S/C25H29F4NO2.ClH/c1-4-6-7-8-11-17-12-9-10-16(3)23(17)18-13-19(21(30)15-22(31)32-5-2)24(26)20(14-18)25(27,28)29;/h4,9-10,12-14,21H,1,5-8,11,15,30H2,2-3H3;1H/t21-;/m0./s1. The first-order valence-electron chi connectivity index (χ1n) is 10.6. The van der Waals surface area contributed by atoms with E-state index in [9.17, 15) is 22.4 Å². The Kier molecular flexibility index (Phi) is 11.1. The minimum Gasteiger partial charge on any atom is -0.466 e. The number of ether oxygens (including phenoxy) is 1. The number of allylic oxidation sites excluding steroid dienone is 1. The average Bonchev–Trinajstić information content (AvgIpc) is 2.71. The summed E-state index contributed by atoms with van der Waals surface area (Å²) < 4.78 is 60.7. The Morgan fingerprint density at radius 2 is 1.94 bits per heavy atom. The molecule has 0 heterocycles. The number of esters is 1. The highest BCUT2D eigenvalue weighted by Gasteiger charge is 2.37. The van der Waals surface area contributed by atoms with Crippen molar-refractivity contribution in [1.29, 1.82) is 0 Å². The summed E-state index contributed by atoms with van der Waals surface area (Å²) in [7, 11) is 0. The number of aryl methyl sites for hydroxylation is 2. The molecule has 0 fully saturated rings. The Morgan fingerprint density at radius 1 is 1.24 bits per heavy atom. The van der Waals surface area contributed by atoms with Crippen LogP contribution >= 0.6 is 12.4 Å². The molecule has 0 saturated carbocycles. The van der Waals surface area contributed by atoms with E-state index >= 15 is 0 Å². The summed E-state index contributed by atoms with van der Waals surface area (Å²) in [6.45, 7) is 7.20. The first-order chi connectivity index (χ1) is 15.1. The van der Waals surface area contributed by atoms with E-state index in [1.165, 1.54) is 6.07 Å². The van der Waals surface area contributed by atoms with Crippen molar-refractivity contribution in [2.24, 2.45) is 5.73 Å². The molecule has 0 unspecified atom stereocenters. The lowest BCUT2D eigenvalue weighted by atomic mass is 9.88. The molecule has 2 N–H and O–H groups in total. The van der Waals surface area contributed by atoms with Gasteiger partial charge < -0.3 is 10.5 Å². The van der Waals surface area contributed by atoms with Crippen LogP contribution in [0, 0.1) is 12.7 Å². The van der Waals surface area contributed by atoms with E-state index < -0.39 is 36.0 Å². The second-order valence-electron chi connectivity index (χ2n) is 7.68. The van der Waals surface area contributed by atoms with Gasteiger partial charge >= 0.3 is 12.1 Å². The van der Waals surface area contributed by atoms with Crippen molar-refractivity contribution in [3.05, 3.63) is 71.1 Å². The molecule has 0 radical (unpaired) electrons. The smallest absolute Gasteiger partial charge is 0.419 e. The van der Waals surface area contributed by atoms with Crippen LogP contribution in [-0.4, -0.2) is 12.6 Å². The number of hydrogen-bond acceptors (Lipinski definition) is 3. The molecule has 3 nitrogen and oxygen atoms in total. The minimum atomic E-state index is -4.91. The van der Waals surface area contributed by atoms with Gasteiger partial charge in [-0.1, -0.05) is 24.3 Å². The van der Waals surface area contributed by atoms with Crippen molar-refractivity contribution in [3.63, 3.8) is 0 Å². The van der Waals surface area contributed by atoms with Gasteiger partial charge in [-0.2, -0.15) is 13.2 Å². The number of rotatable bonds is 10. The van der Waals surface area contributed by atoms with E-state index in [1.54, 1.807) is 19.9 Å². The van der Waals surface area contributed by atoms with Gasteiger partial charge in [0.2, 0.25) is 0 Å². The summed E-state index contributed by atoms with van der Waals surface area (Å²) in [6, 6.07) is 6.40. The van der Waals surface area contributed by atoms with Crippen molar-refractivity contribution < 1.29 is 27.1 Å². The third kappa shape index (κ3) is 7.57. The number of nitrogens with two attached hydrogens (primary N) is 1. The third-order valence-electron chi connectivity index (χ3n) is 5.25. The molecule has 0 aliphatic heterocycles. The lowest BCUT2D eigenvalue weighted by Gasteiger charge is -2.20. The lowest BCUT2D eigenvalue weighted by molar-refractivity contribution is -0.143. The first kappa shape index (κ1) is 28.7. The molecule has 0 saturated heterocycles. The molecule has 0 amide bonds. The third-order valence-corrected chi connectivity index (χ3v) is 5.25. The van der Waals surface area contributed by atoms with Gasteiger partial charge in [-0.05, 0) is 73.9 Å². The molecule has 1 atom stereocenters. The van der Waals surface area contributed by atoms with Gasteiger partial charge in [0.1, 0.15) is 5.82 Å². The molecule has 182 valence electrons. The molecular weight excluding hydrogens is 458 g/mol. The molecule has 0 aliphatic carbocycles. The van der Waals surface area contributed by atoms with Crippen LogP contribution in [0.15, 0.2) is 43.0 Å². The summed E-state index contributed by atoms with van der Waals surface area (Å²) in [5.74, 6) is -2.16. The van der Waals surface area contributed by atoms with Crippen molar-refractivity contribution in [3.8, 4) is 11.1 Å². The average molecular weight is 488 g/mol. The quantitative estimate of drug-likeness (QED) is 0.168. The topological polar surface area (TPSA) is 52.3 Å². The van der Waals surface area contributed by atoms with Gasteiger partial charge in [-0.3, -0.25) is 4.79 Å². The molecule has 33 heavy (non-hydrogen) atoms. The van der Waals surface area contributed by atoms with Crippen molar-refractivity contribution in [1.82, 2.24) is 0 Å². The van der Waals surface area contributed by atoms with Crippen LogP contribution in [0.5, 0.6) is 0 Å². The number of carbonyl (C=O) groups is 1. The Balaban J connectivity index is 0.00000544. The molecular formula is C25H30ClF4NO2. The van der Waals surface area contributed by atoms with E-state index in [4.69, 9.17) is 10.5 Å². The fourth-order valence-corrected chi connectivity index (χ4v) is 3.73. The van der Waals surface area contributed by atoms with Gasteiger partial charge in [0.15, 0.2) is 0 Å². The molecule has 2 aromatic rings. The van der Waals surface area contributed by atoms with Crippen molar-refractivity contribution >= 4 is 18.4 Å². The maximum atomic E-state index is 14.9. The van der Waals surface area contributed by atoms with Crippen LogP contribution in [0.1, 0.15) is 60.9 Å². The van der Waals surface area contributed by atoms with Gasteiger partial charge in [-0.15, -0.1) is 19.0 Å². The van der Waals surface area contributed by atoms with Crippen LogP contribution in [0.3, 0.4) is 0 Å². The fraction of sp³-hybridized carbons (Fsp3) is 0.400. The van der Waals surface area contributed by atoms with E-state index in [2.05, 4.69) is 6.58 Å². The number of carbonyl (C=O) groups excluding carboxylic acids is 1. The van der Waals surface area contributed by atoms with Crippen LogP contribution in [0.2, 0.25) is 0 Å². The van der Waals surface area contributed by atoms with Gasteiger partial charge in [0, 0.05) is 11.6 Å². The van der Waals surface area contributed by atoms with Crippen LogP contribution in [-0.2, 0) is 22.1 Å². The predicted octanol–water partition coefficient (Wildman–Crippen LogP) is 7.09. The number of hydrogen-bond donors (Lipinski definition) is 1. The Labute approximate surface area is 198 Å². The highest BCUT2D eigenvalue weighted by molar-refractivity contribution is 5.85. The molecule has 0 bridgehead atoms. The zero-order chi connectivity index (χ0) is 23.9.